The second-order valence-corrected chi connectivity index (χ2v) is 12.1. The van der Waals surface area contributed by atoms with Crippen molar-refractivity contribution in [2.75, 3.05) is 49.6 Å². The minimum Gasteiger partial charge on any atom is -0.370 e. The molecule has 0 unspecified atom stereocenters. The number of rotatable bonds is 11. The molecular formula is C26H31ClF4N4O4S. The van der Waals surface area contributed by atoms with E-state index >= 15 is 0 Å². The van der Waals surface area contributed by atoms with Crippen molar-refractivity contribution >= 4 is 52.0 Å². The molecule has 2 aromatic rings. The first-order chi connectivity index (χ1) is 18.7. The quantitative estimate of drug-likeness (QED) is 0.349. The zero-order chi connectivity index (χ0) is 29.6. The molecule has 40 heavy (non-hydrogen) atoms. The van der Waals surface area contributed by atoms with Crippen LogP contribution in [0.15, 0.2) is 30.3 Å². The lowest BCUT2D eigenvalue weighted by atomic mass is 9.95. The number of benzene rings is 1. The largest absolute Gasteiger partial charge is 0.370 e. The van der Waals surface area contributed by atoms with Gasteiger partial charge in [0.1, 0.15) is 12.6 Å². The molecule has 1 aliphatic heterocycles. The number of anilines is 2. The predicted molar refractivity (Wildman–Crippen MR) is 146 cm³/mol. The fourth-order valence-electron chi connectivity index (χ4n) is 4.24. The molecular weight excluding hydrogens is 576 g/mol. The molecule has 1 saturated heterocycles. The summed E-state index contributed by atoms with van der Waals surface area (Å²) < 4.78 is 60.6. The second-order valence-electron chi connectivity index (χ2n) is 10.4. The summed E-state index contributed by atoms with van der Waals surface area (Å²) in [6.45, 7) is 4.48. The first-order valence-electron chi connectivity index (χ1n) is 12.4. The van der Waals surface area contributed by atoms with Crippen LogP contribution in [0.4, 0.5) is 28.9 Å². The third kappa shape index (κ3) is 8.88. The molecule has 1 aromatic heterocycles. The van der Waals surface area contributed by atoms with Crippen LogP contribution in [-0.4, -0.2) is 74.5 Å². The van der Waals surface area contributed by atoms with Crippen LogP contribution in [0.3, 0.4) is 0 Å². The molecule has 0 bridgehead atoms. The lowest BCUT2D eigenvalue weighted by molar-refractivity contribution is -0.125. The number of nitrogens with one attached hydrogen (secondary N) is 2. The molecule has 14 heteroatoms. The van der Waals surface area contributed by atoms with Crippen LogP contribution < -0.4 is 15.5 Å². The molecule has 3 amide bonds. The Labute approximate surface area is 238 Å². The number of hydrogen-bond acceptors (Lipinski definition) is 6. The van der Waals surface area contributed by atoms with Gasteiger partial charge in [0, 0.05) is 30.9 Å². The van der Waals surface area contributed by atoms with E-state index in [0.717, 1.165) is 17.4 Å². The van der Waals surface area contributed by atoms with Gasteiger partial charge in [0.05, 0.1) is 28.1 Å². The van der Waals surface area contributed by atoms with Crippen LogP contribution in [0, 0.1) is 5.41 Å². The lowest BCUT2D eigenvalue weighted by Gasteiger charge is -2.35. The van der Waals surface area contributed by atoms with E-state index in [1.165, 1.54) is 34.1 Å². The highest BCUT2D eigenvalue weighted by Gasteiger charge is 2.32. The number of hydrogen-bond donors (Lipinski definition) is 2. The maximum absolute atomic E-state index is 14.0. The third-order valence-corrected chi connectivity index (χ3v) is 7.08. The molecule has 0 spiro atoms. The molecule has 0 radical (unpaired) electrons. The average Bonchev–Trinajstić information content (AvgIpc) is 3.29. The second kappa shape index (κ2) is 13.7. The fraction of sp³-hybridized carbons (Fsp3) is 0.500. The van der Waals surface area contributed by atoms with Gasteiger partial charge in [-0.3, -0.25) is 19.3 Å². The SMILES string of the molecule is CC(C)(C)CN(CC(F)F)[C@H](CNC(=O)c1ccc(Cl)s1)C(=O)Nc1ccc(N2CCOCC2=O)c(C(F)F)c1. The molecule has 1 atom stereocenters. The first kappa shape index (κ1) is 31.8. The summed E-state index contributed by atoms with van der Waals surface area (Å²) in [6, 6.07) is 5.46. The highest BCUT2D eigenvalue weighted by molar-refractivity contribution is 7.18. The van der Waals surface area contributed by atoms with Gasteiger partial charge >= 0.3 is 0 Å². The summed E-state index contributed by atoms with van der Waals surface area (Å²) in [4.78, 5) is 41.0. The fourth-order valence-corrected chi connectivity index (χ4v) is 5.20. The van der Waals surface area contributed by atoms with Crippen molar-refractivity contribution in [2.24, 2.45) is 5.41 Å². The highest BCUT2D eigenvalue weighted by Crippen LogP contribution is 2.33. The molecule has 0 saturated carbocycles. The molecule has 220 valence electrons. The molecule has 1 aliphatic rings. The monoisotopic (exact) mass is 606 g/mol. The predicted octanol–water partition coefficient (Wildman–Crippen LogP) is 5.05. The summed E-state index contributed by atoms with van der Waals surface area (Å²) in [6.07, 6.45) is -5.74. The topological polar surface area (TPSA) is 91.0 Å². The molecule has 2 heterocycles. The van der Waals surface area contributed by atoms with Crippen LogP contribution in [-0.2, 0) is 14.3 Å². The van der Waals surface area contributed by atoms with Gasteiger partial charge in [0.15, 0.2) is 0 Å². The summed E-state index contributed by atoms with van der Waals surface area (Å²) in [5, 5.41) is 5.12. The average molecular weight is 607 g/mol. The van der Waals surface area contributed by atoms with Gasteiger partial charge in [-0.15, -0.1) is 11.3 Å². The summed E-state index contributed by atoms with van der Waals surface area (Å²) in [5.74, 6) is -1.79. The Kier molecular flexibility index (Phi) is 10.9. The van der Waals surface area contributed by atoms with Crippen molar-refractivity contribution in [3.05, 3.63) is 45.1 Å². The van der Waals surface area contributed by atoms with Crippen molar-refractivity contribution in [3.8, 4) is 0 Å². The summed E-state index contributed by atoms with van der Waals surface area (Å²) >= 11 is 6.91. The number of amides is 3. The minimum atomic E-state index is -2.97. The number of ether oxygens (including phenoxy) is 1. The van der Waals surface area contributed by atoms with E-state index in [0.29, 0.717) is 4.34 Å². The highest BCUT2D eigenvalue weighted by atomic mass is 35.5. The molecule has 8 nitrogen and oxygen atoms in total. The number of carbonyl (C=O) groups excluding carboxylic acids is 3. The van der Waals surface area contributed by atoms with E-state index in [4.69, 9.17) is 16.3 Å². The number of alkyl halides is 4. The number of nitrogens with zero attached hydrogens (tertiary/aromatic N) is 2. The normalized spacial score (nSPS) is 15.2. The zero-order valence-corrected chi connectivity index (χ0v) is 23.8. The molecule has 1 fully saturated rings. The van der Waals surface area contributed by atoms with E-state index in [9.17, 15) is 31.9 Å². The Bertz CT molecular complexity index is 1210. The van der Waals surface area contributed by atoms with Crippen molar-refractivity contribution in [1.29, 1.82) is 0 Å². The summed E-state index contributed by atoms with van der Waals surface area (Å²) in [7, 11) is 0. The van der Waals surface area contributed by atoms with Crippen molar-refractivity contribution in [1.82, 2.24) is 10.2 Å². The van der Waals surface area contributed by atoms with Crippen molar-refractivity contribution in [2.45, 2.75) is 39.7 Å². The Balaban J connectivity index is 1.88. The van der Waals surface area contributed by atoms with Gasteiger partial charge in [0.25, 0.3) is 24.7 Å². The maximum Gasteiger partial charge on any atom is 0.265 e. The van der Waals surface area contributed by atoms with E-state index in [1.54, 1.807) is 0 Å². The van der Waals surface area contributed by atoms with Gasteiger partial charge in [-0.25, -0.2) is 17.6 Å². The smallest absolute Gasteiger partial charge is 0.265 e. The Morgan fingerprint density at radius 3 is 2.48 bits per heavy atom. The molecule has 2 N–H and O–H groups in total. The number of carbonyl (C=O) groups is 3. The standard InChI is InChI=1S/C26H31ClF4N4O4S/c1-26(2,3)14-34(12-21(28)29)18(11-32-25(38)19-6-7-20(27)40-19)24(37)33-15-4-5-17(16(10-15)23(30)31)35-8-9-39-13-22(35)36/h4-7,10,18,21,23H,8-9,11-14H2,1-3H3,(H,32,38)(H,33,37)/t18-/m1/s1. The third-order valence-electron chi connectivity index (χ3n) is 5.85. The Morgan fingerprint density at radius 1 is 1.18 bits per heavy atom. The van der Waals surface area contributed by atoms with Crippen LogP contribution in [0.2, 0.25) is 4.34 Å². The van der Waals surface area contributed by atoms with E-state index in [-0.39, 0.29) is 49.1 Å². The number of thiophene rings is 1. The van der Waals surface area contributed by atoms with Crippen LogP contribution in [0.5, 0.6) is 0 Å². The van der Waals surface area contributed by atoms with Gasteiger partial charge in [-0.05, 0) is 35.7 Å². The van der Waals surface area contributed by atoms with Gasteiger partial charge < -0.3 is 20.3 Å². The Hall–Kier alpha value is -2.74. The van der Waals surface area contributed by atoms with E-state index < -0.39 is 54.1 Å². The van der Waals surface area contributed by atoms with Gasteiger partial charge in [-0.1, -0.05) is 32.4 Å². The lowest BCUT2D eigenvalue weighted by Crippen LogP contribution is -2.54. The maximum atomic E-state index is 14.0. The van der Waals surface area contributed by atoms with Crippen molar-refractivity contribution in [3.63, 3.8) is 0 Å². The van der Waals surface area contributed by atoms with Crippen LogP contribution in [0.25, 0.3) is 0 Å². The number of halogens is 5. The van der Waals surface area contributed by atoms with Crippen LogP contribution in [0.1, 0.15) is 42.4 Å². The van der Waals surface area contributed by atoms with Gasteiger partial charge in [-0.2, -0.15) is 0 Å². The van der Waals surface area contributed by atoms with Crippen molar-refractivity contribution < 1.29 is 36.7 Å². The van der Waals surface area contributed by atoms with E-state index in [2.05, 4.69) is 10.6 Å². The van der Waals surface area contributed by atoms with E-state index in [1.807, 2.05) is 20.8 Å². The molecule has 0 aliphatic carbocycles. The zero-order valence-electron chi connectivity index (χ0n) is 22.2. The molecule has 1 aromatic carbocycles. The van der Waals surface area contributed by atoms with Crippen LogP contribution >= 0.6 is 22.9 Å². The minimum absolute atomic E-state index is 0.00761. The first-order valence-corrected chi connectivity index (χ1v) is 13.6. The summed E-state index contributed by atoms with van der Waals surface area (Å²) in [5.41, 5.74) is -0.995. The number of morpholine rings is 1. The molecule has 3 rings (SSSR count). The Morgan fingerprint density at radius 2 is 1.90 bits per heavy atom. The van der Waals surface area contributed by atoms with Gasteiger partial charge in [0.2, 0.25) is 5.91 Å².